The van der Waals surface area contributed by atoms with Crippen LogP contribution in [0.25, 0.3) is 0 Å². The summed E-state index contributed by atoms with van der Waals surface area (Å²) in [4.78, 5) is 30.2. The normalized spacial score (nSPS) is 29.4. The van der Waals surface area contributed by atoms with Gasteiger partial charge in [-0.3, -0.25) is 9.59 Å². The molecule has 0 aliphatic carbocycles. The standard InChI is InChI=1S/C22H31N3O3/c1-3-4-9-25-20(26)10-19(21(25)15-5-7-18(28-2)8-6-15)22(27)24-13-16-11-23-12-17(16)14-24/h5-8,16-17,19,21,23H,3-4,9-14H2,1-2H3/t16-,17+,19?,21?. The molecule has 0 radical (unpaired) electrons. The minimum absolute atomic E-state index is 0.105. The van der Waals surface area contributed by atoms with Crippen molar-refractivity contribution in [1.29, 1.82) is 0 Å². The molecular formula is C22H31N3O3. The van der Waals surface area contributed by atoms with E-state index < -0.39 is 0 Å². The summed E-state index contributed by atoms with van der Waals surface area (Å²) in [6.45, 7) is 6.50. The minimum atomic E-state index is -0.287. The van der Waals surface area contributed by atoms with Crippen LogP contribution < -0.4 is 10.1 Å². The number of methoxy groups -OCH3 is 1. The van der Waals surface area contributed by atoms with E-state index in [2.05, 4.69) is 12.2 Å². The molecule has 2 amide bonds. The molecule has 6 nitrogen and oxygen atoms in total. The fraction of sp³-hybridized carbons (Fsp3) is 0.636. The molecule has 4 rings (SSSR count). The Bertz CT molecular complexity index is 708. The molecule has 0 aromatic heterocycles. The topological polar surface area (TPSA) is 61.9 Å². The first-order chi connectivity index (χ1) is 13.6. The summed E-state index contributed by atoms with van der Waals surface area (Å²) in [5.41, 5.74) is 1.03. The van der Waals surface area contributed by atoms with Crippen molar-refractivity contribution in [3.8, 4) is 5.75 Å². The predicted molar refractivity (Wildman–Crippen MR) is 107 cm³/mol. The first kappa shape index (κ1) is 19.2. The lowest BCUT2D eigenvalue weighted by atomic mass is 9.92. The van der Waals surface area contributed by atoms with Crippen molar-refractivity contribution in [1.82, 2.24) is 15.1 Å². The summed E-state index contributed by atoms with van der Waals surface area (Å²) >= 11 is 0. The van der Waals surface area contributed by atoms with Crippen LogP contribution in [0, 0.1) is 17.8 Å². The number of unbranched alkanes of at least 4 members (excludes halogenated alkanes) is 1. The third kappa shape index (κ3) is 3.50. The van der Waals surface area contributed by atoms with Crippen LogP contribution in [-0.2, 0) is 9.59 Å². The maximum absolute atomic E-state index is 13.5. The molecule has 2 unspecified atom stereocenters. The van der Waals surface area contributed by atoms with E-state index in [9.17, 15) is 9.59 Å². The number of benzene rings is 1. The molecule has 6 heteroatoms. The summed E-state index contributed by atoms with van der Waals surface area (Å²) in [6, 6.07) is 7.68. The zero-order valence-electron chi connectivity index (χ0n) is 16.9. The molecular weight excluding hydrogens is 354 g/mol. The van der Waals surface area contributed by atoms with Crippen LogP contribution in [0.4, 0.5) is 0 Å². The van der Waals surface area contributed by atoms with E-state index in [0.29, 0.717) is 24.8 Å². The molecule has 0 bridgehead atoms. The zero-order chi connectivity index (χ0) is 19.7. The van der Waals surface area contributed by atoms with Gasteiger partial charge < -0.3 is 19.9 Å². The Morgan fingerprint density at radius 3 is 2.46 bits per heavy atom. The van der Waals surface area contributed by atoms with Crippen molar-refractivity contribution in [2.45, 2.75) is 32.2 Å². The lowest BCUT2D eigenvalue weighted by Crippen LogP contribution is -2.39. The van der Waals surface area contributed by atoms with Gasteiger partial charge >= 0.3 is 0 Å². The molecule has 1 N–H and O–H groups in total. The van der Waals surface area contributed by atoms with Gasteiger partial charge in [0.15, 0.2) is 0 Å². The van der Waals surface area contributed by atoms with Crippen molar-refractivity contribution in [2.75, 3.05) is 39.8 Å². The highest BCUT2D eigenvalue weighted by atomic mass is 16.5. The van der Waals surface area contributed by atoms with E-state index in [1.807, 2.05) is 34.1 Å². The van der Waals surface area contributed by atoms with Crippen LogP contribution in [0.2, 0.25) is 0 Å². The quantitative estimate of drug-likeness (QED) is 0.814. The van der Waals surface area contributed by atoms with Gasteiger partial charge in [0.05, 0.1) is 19.1 Å². The number of nitrogens with one attached hydrogen (secondary N) is 1. The maximum atomic E-state index is 13.5. The summed E-state index contributed by atoms with van der Waals surface area (Å²) < 4.78 is 5.28. The molecule has 1 aromatic rings. The number of fused-ring (bicyclic) bond motifs is 1. The van der Waals surface area contributed by atoms with Gasteiger partial charge in [0.25, 0.3) is 0 Å². The van der Waals surface area contributed by atoms with Gasteiger partial charge in [-0.25, -0.2) is 0 Å². The number of hydrogen-bond acceptors (Lipinski definition) is 4. The summed E-state index contributed by atoms with van der Waals surface area (Å²) in [5, 5.41) is 3.42. The van der Waals surface area contributed by atoms with E-state index in [0.717, 1.165) is 50.3 Å². The number of likely N-dealkylation sites (tertiary alicyclic amines) is 2. The minimum Gasteiger partial charge on any atom is -0.497 e. The highest BCUT2D eigenvalue weighted by molar-refractivity contribution is 5.90. The summed E-state index contributed by atoms with van der Waals surface area (Å²) in [7, 11) is 1.65. The van der Waals surface area contributed by atoms with Crippen molar-refractivity contribution in [2.24, 2.45) is 17.8 Å². The SMILES string of the molecule is CCCCN1C(=O)CC(C(=O)N2C[C@H]3CNC[C@H]3C2)C1c1ccc(OC)cc1. The molecule has 3 fully saturated rings. The second-order valence-corrected chi connectivity index (χ2v) is 8.39. The smallest absolute Gasteiger partial charge is 0.228 e. The molecule has 0 spiro atoms. The van der Waals surface area contributed by atoms with Crippen molar-refractivity contribution in [3.63, 3.8) is 0 Å². The van der Waals surface area contributed by atoms with Gasteiger partial charge in [-0.1, -0.05) is 25.5 Å². The number of carbonyl (C=O) groups is 2. The van der Waals surface area contributed by atoms with Crippen LogP contribution >= 0.6 is 0 Å². The summed E-state index contributed by atoms with van der Waals surface area (Å²) in [6.07, 6.45) is 2.31. The van der Waals surface area contributed by atoms with Gasteiger partial charge in [0.2, 0.25) is 11.8 Å². The van der Waals surface area contributed by atoms with E-state index in [4.69, 9.17) is 4.74 Å². The second kappa shape index (κ2) is 8.11. The fourth-order valence-electron chi connectivity index (χ4n) is 5.09. The lowest BCUT2D eigenvalue weighted by molar-refractivity contribution is -0.135. The maximum Gasteiger partial charge on any atom is 0.228 e. The highest BCUT2D eigenvalue weighted by Gasteiger charge is 2.48. The van der Waals surface area contributed by atoms with Gasteiger partial charge in [-0.05, 0) is 36.0 Å². The molecule has 3 aliphatic heterocycles. The third-order valence-corrected chi connectivity index (χ3v) is 6.66. The van der Waals surface area contributed by atoms with Gasteiger partial charge in [-0.2, -0.15) is 0 Å². The number of ether oxygens (including phenoxy) is 1. The molecule has 3 aliphatic rings. The molecule has 3 heterocycles. The van der Waals surface area contributed by atoms with Crippen LogP contribution in [-0.4, -0.2) is 61.4 Å². The van der Waals surface area contributed by atoms with Crippen molar-refractivity contribution < 1.29 is 14.3 Å². The Labute approximate surface area is 167 Å². The van der Waals surface area contributed by atoms with Crippen LogP contribution in [0.15, 0.2) is 24.3 Å². The monoisotopic (exact) mass is 385 g/mol. The molecule has 28 heavy (non-hydrogen) atoms. The number of rotatable bonds is 6. The largest absolute Gasteiger partial charge is 0.497 e. The third-order valence-electron chi connectivity index (χ3n) is 6.66. The Hall–Kier alpha value is -2.08. The molecule has 152 valence electrons. The summed E-state index contributed by atoms with van der Waals surface area (Å²) in [5.74, 6) is 1.89. The van der Waals surface area contributed by atoms with Crippen LogP contribution in [0.5, 0.6) is 5.75 Å². The van der Waals surface area contributed by atoms with E-state index in [1.54, 1.807) is 7.11 Å². The Balaban J connectivity index is 1.58. The number of amides is 2. The first-order valence-electron chi connectivity index (χ1n) is 10.5. The van der Waals surface area contributed by atoms with Gasteiger partial charge in [0.1, 0.15) is 5.75 Å². The molecule has 1 aromatic carbocycles. The first-order valence-corrected chi connectivity index (χ1v) is 10.5. The number of hydrogen-bond donors (Lipinski definition) is 1. The number of carbonyl (C=O) groups excluding carboxylic acids is 2. The average molecular weight is 386 g/mol. The van der Waals surface area contributed by atoms with E-state index >= 15 is 0 Å². The Kier molecular flexibility index (Phi) is 5.58. The highest BCUT2D eigenvalue weighted by Crippen LogP contribution is 2.41. The molecule has 0 saturated carbocycles. The Morgan fingerprint density at radius 1 is 1.18 bits per heavy atom. The lowest BCUT2D eigenvalue weighted by Gasteiger charge is -2.30. The van der Waals surface area contributed by atoms with Crippen LogP contribution in [0.1, 0.15) is 37.8 Å². The van der Waals surface area contributed by atoms with E-state index in [-0.39, 0.29) is 23.8 Å². The second-order valence-electron chi connectivity index (χ2n) is 8.39. The Morgan fingerprint density at radius 2 is 1.86 bits per heavy atom. The van der Waals surface area contributed by atoms with Crippen molar-refractivity contribution in [3.05, 3.63) is 29.8 Å². The molecule has 4 atom stereocenters. The fourth-order valence-corrected chi connectivity index (χ4v) is 5.09. The van der Waals surface area contributed by atoms with Gasteiger partial charge in [0, 0.05) is 39.1 Å². The number of nitrogens with zero attached hydrogens (tertiary/aromatic N) is 2. The average Bonchev–Trinajstić information content (AvgIpc) is 3.39. The van der Waals surface area contributed by atoms with E-state index in [1.165, 1.54) is 0 Å². The zero-order valence-corrected chi connectivity index (χ0v) is 16.9. The van der Waals surface area contributed by atoms with Crippen LogP contribution in [0.3, 0.4) is 0 Å². The van der Waals surface area contributed by atoms with Gasteiger partial charge in [-0.15, -0.1) is 0 Å². The predicted octanol–water partition coefficient (Wildman–Crippen LogP) is 2.06. The van der Waals surface area contributed by atoms with Crippen molar-refractivity contribution >= 4 is 11.8 Å². The molecule has 3 saturated heterocycles.